The first-order valence-corrected chi connectivity index (χ1v) is 7.96. The van der Waals surface area contributed by atoms with Crippen LogP contribution < -0.4 is 5.32 Å². The summed E-state index contributed by atoms with van der Waals surface area (Å²) in [4.78, 5) is 2.56. The summed E-state index contributed by atoms with van der Waals surface area (Å²) in [5, 5.41) is 3.57. The maximum Gasteiger partial charge on any atom is 0.0223 e. The number of nitrogens with one attached hydrogen (secondary N) is 1. The molecule has 0 amide bonds. The average molecular weight is 267 g/mol. The van der Waals surface area contributed by atoms with Crippen molar-refractivity contribution in [1.29, 1.82) is 0 Å². The molecule has 1 fully saturated rings. The van der Waals surface area contributed by atoms with Gasteiger partial charge in [0, 0.05) is 62.7 Å². The largest absolute Gasteiger partial charge is 0.352 e. The first kappa shape index (κ1) is 14.0. The van der Waals surface area contributed by atoms with E-state index in [-0.39, 0.29) is 0 Å². The second-order valence-corrected chi connectivity index (χ2v) is 6.31. The zero-order valence-corrected chi connectivity index (χ0v) is 12.6. The van der Waals surface area contributed by atoms with Crippen LogP contribution in [0.2, 0.25) is 0 Å². The van der Waals surface area contributed by atoms with Crippen LogP contribution in [-0.4, -0.2) is 47.2 Å². The molecule has 0 radical (unpaired) electrons. The van der Waals surface area contributed by atoms with Crippen LogP contribution in [0.15, 0.2) is 6.07 Å². The molecular weight excluding hydrogens is 242 g/mol. The zero-order valence-electron chi connectivity index (χ0n) is 11.8. The van der Waals surface area contributed by atoms with Crippen LogP contribution in [0.3, 0.4) is 0 Å². The van der Waals surface area contributed by atoms with Crippen molar-refractivity contribution in [3.05, 3.63) is 23.0 Å². The zero-order chi connectivity index (χ0) is 13.0. The Balaban J connectivity index is 1.70. The summed E-state index contributed by atoms with van der Waals surface area (Å²) in [6.07, 6.45) is 0. The SMILES string of the molecule is Cc1cc(CNCCN2CCSCC2)c(C)n1C. The fraction of sp³-hybridized carbons (Fsp3) is 0.714. The van der Waals surface area contributed by atoms with Crippen LogP contribution in [0.4, 0.5) is 0 Å². The summed E-state index contributed by atoms with van der Waals surface area (Å²) in [5.41, 5.74) is 4.16. The van der Waals surface area contributed by atoms with Gasteiger partial charge in [-0.1, -0.05) is 0 Å². The molecule has 1 aromatic rings. The minimum absolute atomic E-state index is 0.996. The highest BCUT2D eigenvalue weighted by Crippen LogP contribution is 2.12. The van der Waals surface area contributed by atoms with E-state index in [9.17, 15) is 0 Å². The van der Waals surface area contributed by atoms with Crippen molar-refractivity contribution in [3.63, 3.8) is 0 Å². The van der Waals surface area contributed by atoms with Crippen molar-refractivity contribution < 1.29 is 0 Å². The molecule has 2 rings (SSSR count). The van der Waals surface area contributed by atoms with Gasteiger partial charge in [-0.3, -0.25) is 0 Å². The lowest BCUT2D eigenvalue weighted by Crippen LogP contribution is -2.37. The molecule has 1 aliphatic rings. The van der Waals surface area contributed by atoms with E-state index in [4.69, 9.17) is 0 Å². The van der Waals surface area contributed by atoms with Gasteiger partial charge in [-0.05, 0) is 25.5 Å². The van der Waals surface area contributed by atoms with E-state index in [0.717, 1.165) is 13.1 Å². The molecule has 0 saturated carbocycles. The van der Waals surface area contributed by atoms with Gasteiger partial charge in [0.15, 0.2) is 0 Å². The van der Waals surface area contributed by atoms with Crippen LogP contribution in [0, 0.1) is 13.8 Å². The van der Waals surface area contributed by atoms with Gasteiger partial charge in [-0.15, -0.1) is 0 Å². The number of aryl methyl sites for hydroxylation is 1. The topological polar surface area (TPSA) is 20.2 Å². The Kier molecular flexibility index (Phi) is 5.15. The van der Waals surface area contributed by atoms with E-state index in [1.807, 2.05) is 0 Å². The standard InChI is InChI=1S/C14H25N3S/c1-12-10-14(13(2)16(12)3)11-15-4-5-17-6-8-18-9-7-17/h10,15H,4-9,11H2,1-3H3. The molecule has 3 nitrogen and oxygen atoms in total. The van der Waals surface area contributed by atoms with Crippen molar-refractivity contribution in [2.45, 2.75) is 20.4 Å². The van der Waals surface area contributed by atoms with Crippen LogP contribution in [0.25, 0.3) is 0 Å². The fourth-order valence-corrected chi connectivity index (χ4v) is 3.38. The third-order valence-electron chi connectivity index (χ3n) is 3.90. The molecule has 0 aliphatic carbocycles. The molecule has 1 aliphatic heterocycles. The van der Waals surface area contributed by atoms with E-state index in [2.05, 4.69) is 53.5 Å². The summed E-state index contributed by atoms with van der Waals surface area (Å²) in [6.45, 7) is 10.2. The Labute approximate surface area is 115 Å². The monoisotopic (exact) mass is 267 g/mol. The molecule has 4 heteroatoms. The number of hydrogen-bond donors (Lipinski definition) is 1. The summed E-state index contributed by atoms with van der Waals surface area (Å²) < 4.78 is 2.26. The van der Waals surface area contributed by atoms with Gasteiger partial charge in [0.05, 0.1) is 0 Å². The number of nitrogens with zero attached hydrogens (tertiary/aromatic N) is 2. The molecule has 0 unspecified atom stereocenters. The molecule has 1 N–H and O–H groups in total. The molecule has 0 atom stereocenters. The lowest BCUT2D eigenvalue weighted by atomic mass is 10.2. The third kappa shape index (κ3) is 3.53. The third-order valence-corrected chi connectivity index (χ3v) is 4.85. The average Bonchev–Trinajstić information content (AvgIpc) is 2.64. The Morgan fingerprint density at radius 2 is 2.00 bits per heavy atom. The highest BCUT2D eigenvalue weighted by molar-refractivity contribution is 7.99. The highest BCUT2D eigenvalue weighted by atomic mass is 32.2. The summed E-state index contributed by atoms with van der Waals surface area (Å²) in [6, 6.07) is 2.29. The minimum Gasteiger partial charge on any atom is -0.352 e. The Hall–Kier alpha value is -0.450. The van der Waals surface area contributed by atoms with E-state index < -0.39 is 0 Å². The molecule has 2 heterocycles. The predicted octanol–water partition coefficient (Wildman–Crippen LogP) is 1.78. The van der Waals surface area contributed by atoms with Crippen molar-refractivity contribution in [3.8, 4) is 0 Å². The molecular formula is C14H25N3S. The Morgan fingerprint density at radius 1 is 1.28 bits per heavy atom. The fourth-order valence-electron chi connectivity index (χ4n) is 2.40. The number of aromatic nitrogens is 1. The van der Waals surface area contributed by atoms with Crippen molar-refractivity contribution in [1.82, 2.24) is 14.8 Å². The van der Waals surface area contributed by atoms with E-state index >= 15 is 0 Å². The maximum absolute atomic E-state index is 3.57. The van der Waals surface area contributed by atoms with E-state index in [0.29, 0.717) is 0 Å². The summed E-state index contributed by atoms with van der Waals surface area (Å²) >= 11 is 2.08. The first-order chi connectivity index (χ1) is 8.68. The van der Waals surface area contributed by atoms with Crippen LogP contribution >= 0.6 is 11.8 Å². The molecule has 102 valence electrons. The van der Waals surface area contributed by atoms with Gasteiger partial charge in [0.25, 0.3) is 0 Å². The van der Waals surface area contributed by atoms with E-state index in [1.54, 1.807) is 0 Å². The Bertz CT molecular complexity index is 381. The van der Waals surface area contributed by atoms with Gasteiger partial charge in [-0.25, -0.2) is 0 Å². The van der Waals surface area contributed by atoms with Crippen LogP contribution in [-0.2, 0) is 13.6 Å². The molecule has 18 heavy (non-hydrogen) atoms. The van der Waals surface area contributed by atoms with Gasteiger partial charge in [0.2, 0.25) is 0 Å². The quantitative estimate of drug-likeness (QED) is 0.821. The first-order valence-electron chi connectivity index (χ1n) is 6.81. The predicted molar refractivity (Wildman–Crippen MR) is 80.4 cm³/mol. The number of rotatable bonds is 5. The van der Waals surface area contributed by atoms with Gasteiger partial charge in [-0.2, -0.15) is 11.8 Å². The Morgan fingerprint density at radius 3 is 2.61 bits per heavy atom. The number of thioether (sulfide) groups is 1. The molecule has 0 spiro atoms. The van der Waals surface area contributed by atoms with E-state index in [1.165, 1.54) is 48.1 Å². The normalized spacial score (nSPS) is 17.3. The highest BCUT2D eigenvalue weighted by Gasteiger charge is 2.09. The smallest absolute Gasteiger partial charge is 0.0223 e. The van der Waals surface area contributed by atoms with Crippen molar-refractivity contribution >= 4 is 11.8 Å². The lowest BCUT2D eigenvalue weighted by Gasteiger charge is -2.26. The van der Waals surface area contributed by atoms with Crippen LogP contribution in [0.5, 0.6) is 0 Å². The molecule has 0 aromatic carbocycles. The van der Waals surface area contributed by atoms with Gasteiger partial charge in [0.1, 0.15) is 0 Å². The molecule has 0 bridgehead atoms. The molecule has 1 saturated heterocycles. The van der Waals surface area contributed by atoms with Gasteiger partial charge >= 0.3 is 0 Å². The van der Waals surface area contributed by atoms with Crippen molar-refractivity contribution in [2.24, 2.45) is 7.05 Å². The van der Waals surface area contributed by atoms with Crippen LogP contribution in [0.1, 0.15) is 17.0 Å². The molecule has 1 aromatic heterocycles. The lowest BCUT2D eigenvalue weighted by molar-refractivity contribution is 0.301. The second kappa shape index (κ2) is 6.64. The summed E-state index contributed by atoms with van der Waals surface area (Å²) in [7, 11) is 2.14. The number of hydrogen-bond acceptors (Lipinski definition) is 3. The summed E-state index contributed by atoms with van der Waals surface area (Å²) in [5.74, 6) is 2.61. The minimum atomic E-state index is 0.996. The maximum atomic E-state index is 3.57. The second-order valence-electron chi connectivity index (χ2n) is 5.09. The van der Waals surface area contributed by atoms with Gasteiger partial charge < -0.3 is 14.8 Å². The van der Waals surface area contributed by atoms with Crippen molar-refractivity contribution in [2.75, 3.05) is 37.7 Å².